The second kappa shape index (κ2) is 10.3. The highest BCUT2D eigenvalue weighted by Gasteiger charge is 2.26. The summed E-state index contributed by atoms with van der Waals surface area (Å²) in [4.78, 5) is 25.8. The van der Waals surface area contributed by atoms with Gasteiger partial charge in [-0.1, -0.05) is 0 Å². The summed E-state index contributed by atoms with van der Waals surface area (Å²) in [7, 11) is 0. The summed E-state index contributed by atoms with van der Waals surface area (Å²) in [6, 6.07) is 3.23. The van der Waals surface area contributed by atoms with Gasteiger partial charge in [0.05, 0.1) is 12.5 Å². The third-order valence-electron chi connectivity index (χ3n) is 3.98. The first-order valence-corrected chi connectivity index (χ1v) is 8.13. The van der Waals surface area contributed by atoms with Crippen LogP contribution in [0.1, 0.15) is 26.2 Å². The van der Waals surface area contributed by atoms with Crippen LogP contribution < -0.4 is 17.7 Å². The van der Waals surface area contributed by atoms with Gasteiger partial charge in [0, 0.05) is 31.3 Å². The zero-order chi connectivity index (χ0) is 17.5. The number of nitrogens with zero attached hydrogens (tertiary/aromatic N) is 1. The lowest BCUT2D eigenvalue weighted by Crippen LogP contribution is -3.00. The SMILES string of the molecule is CCOC(=O)C1CCCN(CCC(=O)Nc2ccc(F)c(F)c2)C1.[Cl-]. The maximum atomic E-state index is 13.1. The molecule has 1 aromatic rings. The molecule has 140 valence electrons. The molecule has 1 aromatic carbocycles. The smallest absolute Gasteiger partial charge is 0.310 e. The second-order valence-electron chi connectivity index (χ2n) is 5.82. The zero-order valence-corrected chi connectivity index (χ0v) is 14.8. The monoisotopic (exact) mass is 375 g/mol. The minimum Gasteiger partial charge on any atom is -1.00 e. The molecule has 1 atom stereocenters. The van der Waals surface area contributed by atoms with E-state index >= 15 is 0 Å². The van der Waals surface area contributed by atoms with Crippen LogP contribution in [0.5, 0.6) is 0 Å². The molecule has 1 amide bonds. The molecule has 0 bridgehead atoms. The largest absolute Gasteiger partial charge is 1.00 e. The fourth-order valence-electron chi connectivity index (χ4n) is 2.77. The molecule has 1 N–H and O–H groups in total. The number of carbonyl (C=O) groups is 2. The molecule has 1 unspecified atom stereocenters. The van der Waals surface area contributed by atoms with Gasteiger partial charge in [-0.15, -0.1) is 0 Å². The van der Waals surface area contributed by atoms with E-state index in [0.29, 0.717) is 19.7 Å². The van der Waals surface area contributed by atoms with Crippen molar-refractivity contribution in [3.05, 3.63) is 29.8 Å². The van der Waals surface area contributed by atoms with E-state index < -0.39 is 11.6 Å². The fourth-order valence-corrected chi connectivity index (χ4v) is 2.77. The van der Waals surface area contributed by atoms with Gasteiger partial charge < -0.3 is 27.4 Å². The first kappa shape index (κ1) is 21.3. The number of benzene rings is 1. The molecule has 1 saturated heterocycles. The molecule has 2 rings (SSSR count). The van der Waals surface area contributed by atoms with E-state index in [1.54, 1.807) is 6.92 Å². The van der Waals surface area contributed by atoms with Crippen molar-refractivity contribution in [3.63, 3.8) is 0 Å². The Hall–Kier alpha value is -1.73. The normalized spacial score (nSPS) is 17.5. The van der Waals surface area contributed by atoms with Crippen molar-refractivity contribution >= 4 is 17.6 Å². The van der Waals surface area contributed by atoms with Gasteiger partial charge in [0.2, 0.25) is 5.91 Å². The van der Waals surface area contributed by atoms with Crippen molar-refractivity contribution < 1.29 is 35.5 Å². The van der Waals surface area contributed by atoms with E-state index in [1.807, 2.05) is 0 Å². The fraction of sp³-hybridized carbons (Fsp3) is 0.529. The summed E-state index contributed by atoms with van der Waals surface area (Å²) in [5, 5.41) is 2.54. The topological polar surface area (TPSA) is 58.6 Å². The first-order chi connectivity index (χ1) is 11.5. The Morgan fingerprint density at radius 1 is 1.32 bits per heavy atom. The summed E-state index contributed by atoms with van der Waals surface area (Å²) in [6.45, 7) is 4.06. The average Bonchev–Trinajstić information content (AvgIpc) is 2.57. The molecule has 25 heavy (non-hydrogen) atoms. The molecule has 1 heterocycles. The highest BCUT2D eigenvalue weighted by molar-refractivity contribution is 5.90. The molecule has 0 aromatic heterocycles. The van der Waals surface area contributed by atoms with Crippen LogP contribution in [-0.2, 0) is 14.3 Å². The van der Waals surface area contributed by atoms with Crippen molar-refractivity contribution in [2.45, 2.75) is 26.2 Å². The Morgan fingerprint density at radius 3 is 2.76 bits per heavy atom. The predicted molar refractivity (Wildman–Crippen MR) is 85.4 cm³/mol. The number of hydrogen-bond acceptors (Lipinski definition) is 4. The molecule has 1 aliphatic rings. The van der Waals surface area contributed by atoms with Gasteiger partial charge in [-0.25, -0.2) is 8.78 Å². The number of rotatable bonds is 6. The number of amides is 1. The van der Waals surface area contributed by atoms with Crippen LogP contribution in [0, 0.1) is 17.6 Å². The van der Waals surface area contributed by atoms with E-state index in [2.05, 4.69) is 10.2 Å². The molecule has 5 nitrogen and oxygen atoms in total. The number of likely N-dealkylation sites (tertiary alicyclic amines) is 1. The highest BCUT2D eigenvalue weighted by atomic mass is 35.5. The van der Waals surface area contributed by atoms with E-state index in [0.717, 1.165) is 31.5 Å². The van der Waals surface area contributed by atoms with Crippen LogP contribution in [0.25, 0.3) is 0 Å². The van der Waals surface area contributed by atoms with Crippen LogP contribution in [0.4, 0.5) is 14.5 Å². The van der Waals surface area contributed by atoms with Crippen molar-refractivity contribution in [1.82, 2.24) is 4.90 Å². The van der Waals surface area contributed by atoms with E-state index in [1.165, 1.54) is 6.07 Å². The lowest BCUT2D eigenvalue weighted by Gasteiger charge is -2.31. The molecule has 8 heteroatoms. The number of hydrogen-bond donors (Lipinski definition) is 1. The summed E-state index contributed by atoms with van der Waals surface area (Å²) < 4.78 is 31.0. The van der Waals surface area contributed by atoms with Gasteiger partial charge in [0.25, 0.3) is 0 Å². The minimum absolute atomic E-state index is 0. The summed E-state index contributed by atoms with van der Waals surface area (Å²) in [5.74, 6) is -2.56. The molecule has 1 aliphatic heterocycles. The van der Waals surface area contributed by atoms with Crippen LogP contribution >= 0.6 is 0 Å². The molecule has 0 radical (unpaired) electrons. The van der Waals surface area contributed by atoms with Crippen LogP contribution in [0.3, 0.4) is 0 Å². The number of carbonyl (C=O) groups excluding carboxylic acids is 2. The summed E-state index contributed by atoms with van der Waals surface area (Å²) in [5.41, 5.74) is 0.224. The van der Waals surface area contributed by atoms with Crippen molar-refractivity contribution in [1.29, 1.82) is 0 Å². The Balaban J connectivity index is 0.00000312. The predicted octanol–water partition coefficient (Wildman–Crippen LogP) is -0.427. The number of esters is 1. The standard InChI is InChI=1S/C17H22F2N2O3.ClH/c1-2-24-17(23)12-4-3-8-21(11-12)9-7-16(22)20-13-5-6-14(18)15(19)10-13;/h5-6,10,12H,2-4,7-9,11H2,1H3,(H,20,22);1H/p-1. The third kappa shape index (κ3) is 6.59. The van der Waals surface area contributed by atoms with Gasteiger partial charge >= 0.3 is 5.97 Å². The van der Waals surface area contributed by atoms with Gasteiger partial charge in [-0.05, 0) is 38.4 Å². The zero-order valence-electron chi connectivity index (χ0n) is 14.1. The van der Waals surface area contributed by atoms with Gasteiger partial charge in [0.1, 0.15) is 0 Å². The van der Waals surface area contributed by atoms with E-state index in [9.17, 15) is 18.4 Å². The van der Waals surface area contributed by atoms with Crippen molar-refractivity contribution in [3.8, 4) is 0 Å². The summed E-state index contributed by atoms with van der Waals surface area (Å²) in [6.07, 6.45) is 1.90. The van der Waals surface area contributed by atoms with Crippen molar-refractivity contribution in [2.75, 3.05) is 31.6 Å². The Kier molecular flexibility index (Phi) is 8.78. The number of ether oxygens (including phenoxy) is 1. The number of nitrogens with one attached hydrogen (secondary N) is 1. The Morgan fingerprint density at radius 2 is 2.08 bits per heavy atom. The quantitative estimate of drug-likeness (QED) is 0.686. The molecule has 0 aliphatic carbocycles. The molecular formula is C17H22ClF2N2O3-. The van der Waals surface area contributed by atoms with E-state index in [-0.39, 0.29) is 42.3 Å². The average molecular weight is 376 g/mol. The van der Waals surface area contributed by atoms with Crippen LogP contribution in [0.2, 0.25) is 0 Å². The Labute approximate surface area is 152 Å². The Bertz CT molecular complexity index is 601. The van der Waals surface area contributed by atoms with Gasteiger partial charge in [-0.2, -0.15) is 0 Å². The highest BCUT2D eigenvalue weighted by Crippen LogP contribution is 2.18. The molecule has 1 fully saturated rings. The molecule has 0 saturated carbocycles. The maximum Gasteiger partial charge on any atom is 0.310 e. The first-order valence-electron chi connectivity index (χ1n) is 8.13. The van der Waals surface area contributed by atoms with Crippen LogP contribution in [-0.4, -0.2) is 43.0 Å². The number of halogens is 3. The lowest BCUT2D eigenvalue weighted by atomic mass is 9.98. The maximum absolute atomic E-state index is 13.1. The van der Waals surface area contributed by atoms with Crippen LogP contribution in [0.15, 0.2) is 18.2 Å². The van der Waals surface area contributed by atoms with Gasteiger partial charge in [0.15, 0.2) is 11.6 Å². The minimum atomic E-state index is -0.999. The lowest BCUT2D eigenvalue weighted by molar-refractivity contribution is -0.149. The summed E-state index contributed by atoms with van der Waals surface area (Å²) >= 11 is 0. The van der Waals surface area contributed by atoms with Gasteiger partial charge in [-0.3, -0.25) is 9.59 Å². The number of piperidine rings is 1. The molecule has 0 spiro atoms. The number of anilines is 1. The van der Waals surface area contributed by atoms with E-state index in [4.69, 9.17) is 4.74 Å². The third-order valence-corrected chi connectivity index (χ3v) is 3.98. The molecular weight excluding hydrogens is 354 g/mol. The van der Waals surface area contributed by atoms with Crippen molar-refractivity contribution in [2.24, 2.45) is 5.92 Å². The second-order valence-corrected chi connectivity index (χ2v) is 5.82.